The number of ether oxygens (including phenoxy) is 1. The van der Waals surface area contributed by atoms with Gasteiger partial charge in [0.15, 0.2) is 5.96 Å². The molecule has 1 fully saturated rings. The Morgan fingerprint density at radius 2 is 1.84 bits per heavy atom. The first-order chi connectivity index (χ1) is 14.9. The molecule has 2 aromatic rings. The topological polar surface area (TPSA) is 48.9 Å². The van der Waals surface area contributed by atoms with Crippen LogP contribution in [0.5, 0.6) is 5.75 Å². The second-order valence-electron chi connectivity index (χ2n) is 7.34. The molecule has 0 bridgehead atoms. The highest BCUT2D eigenvalue weighted by molar-refractivity contribution is 5.80. The van der Waals surface area contributed by atoms with Gasteiger partial charge in [0.2, 0.25) is 0 Å². The van der Waals surface area contributed by atoms with Crippen molar-refractivity contribution in [1.82, 2.24) is 15.5 Å². The van der Waals surface area contributed by atoms with E-state index in [1.807, 2.05) is 0 Å². The van der Waals surface area contributed by atoms with Crippen LogP contribution < -0.4 is 15.4 Å². The van der Waals surface area contributed by atoms with Gasteiger partial charge in [-0.25, -0.2) is 8.78 Å². The molecular formula is C22H26F4N4O. The number of hydrogen-bond donors (Lipinski definition) is 2. The number of nitrogens with zero attached hydrogens (tertiary/aromatic N) is 2. The summed E-state index contributed by atoms with van der Waals surface area (Å²) >= 11 is 0. The van der Waals surface area contributed by atoms with Crippen LogP contribution in [0, 0.1) is 11.6 Å². The second kappa shape index (κ2) is 11.0. The third-order valence-corrected chi connectivity index (χ3v) is 5.20. The molecule has 0 amide bonds. The van der Waals surface area contributed by atoms with E-state index in [0.29, 0.717) is 5.96 Å². The quantitative estimate of drug-likeness (QED) is 0.391. The molecule has 2 aromatic carbocycles. The molecule has 31 heavy (non-hydrogen) atoms. The molecule has 3 rings (SSSR count). The maximum Gasteiger partial charge on any atom is 0.387 e. The average Bonchev–Trinajstić information content (AvgIpc) is 2.75. The Labute approximate surface area is 179 Å². The van der Waals surface area contributed by atoms with Crippen LogP contribution in [0.25, 0.3) is 0 Å². The summed E-state index contributed by atoms with van der Waals surface area (Å²) < 4.78 is 56.7. The lowest BCUT2D eigenvalue weighted by Crippen LogP contribution is -2.48. The van der Waals surface area contributed by atoms with Crippen LogP contribution in [0.1, 0.15) is 24.0 Å². The summed E-state index contributed by atoms with van der Waals surface area (Å²) in [6.45, 7) is -0.576. The van der Waals surface area contributed by atoms with Crippen LogP contribution in [-0.4, -0.2) is 43.6 Å². The SMILES string of the molecule is CN=C(NCc1c(F)cccc1OC(F)F)NC1CCN(Cc2ccc(F)cc2)CC1. The first kappa shape index (κ1) is 22.9. The Morgan fingerprint density at radius 1 is 1.13 bits per heavy atom. The van der Waals surface area contributed by atoms with E-state index in [0.717, 1.165) is 38.0 Å². The third-order valence-electron chi connectivity index (χ3n) is 5.20. The molecule has 9 heteroatoms. The Morgan fingerprint density at radius 3 is 2.48 bits per heavy atom. The smallest absolute Gasteiger partial charge is 0.387 e. The van der Waals surface area contributed by atoms with Gasteiger partial charge in [0.25, 0.3) is 0 Å². The van der Waals surface area contributed by atoms with Crippen LogP contribution in [0.3, 0.4) is 0 Å². The molecule has 0 saturated carbocycles. The molecule has 1 aliphatic rings. The van der Waals surface area contributed by atoms with Gasteiger partial charge in [-0.2, -0.15) is 8.78 Å². The Kier molecular flexibility index (Phi) is 8.11. The lowest BCUT2D eigenvalue weighted by atomic mass is 10.0. The predicted molar refractivity (Wildman–Crippen MR) is 111 cm³/mol. The van der Waals surface area contributed by atoms with E-state index in [-0.39, 0.29) is 29.7 Å². The Hall–Kier alpha value is -2.81. The standard InChI is InChI=1S/C22H26F4N4O/c1-27-22(28-13-18-19(24)3-2-4-20(18)31-21(25)26)29-17-9-11-30(12-10-17)14-15-5-7-16(23)8-6-15/h2-8,17,21H,9-14H2,1H3,(H2,27,28,29). The molecule has 5 nitrogen and oxygen atoms in total. The number of piperidine rings is 1. The molecule has 0 unspecified atom stereocenters. The summed E-state index contributed by atoms with van der Waals surface area (Å²) in [4.78, 5) is 6.45. The van der Waals surface area contributed by atoms with Crippen LogP contribution >= 0.6 is 0 Å². The lowest BCUT2D eigenvalue weighted by Gasteiger charge is -2.33. The molecule has 0 radical (unpaired) electrons. The minimum atomic E-state index is -3.03. The van der Waals surface area contributed by atoms with Crippen molar-refractivity contribution in [1.29, 1.82) is 0 Å². The molecule has 0 atom stereocenters. The van der Waals surface area contributed by atoms with Crippen molar-refractivity contribution in [2.24, 2.45) is 4.99 Å². The number of likely N-dealkylation sites (tertiary alicyclic amines) is 1. The molecule has 1 aliphatic heterocycles. The number of hydrogen-bond acceptors (Lipinski definition) is 3. The molecule has 168 valence electrons. The van der Waals surface area contributed by atoms with Crippen LogP contribution in [-0.2, 0) is 13.1 Å². The summed E-state index contributed by atoms with van der Waals surface area (Å²) in [6, 6.07) is 10.5. The van der Waals surface area contributed by atoms with E-state index in [1.165, 1.54) is 30.3 Å². The monoisotopic (exact) mass is 438 g/mol. The van der Waals surface area contributed by atoms with Crippen LogP contribution in [0.15, 0.2) is 47.5 Å². The second-order valence-corrected chi connectivity index (χ2v) is 7.34. The Bertz CT molecular complexity index is 868. The largest absolute Gasteiger partial charge is 0.434 e. The van der Waals surface area contributed by atoms with E-state index in [9.17, 15) is 17.6 Å². The number of benzene rings is 2. The summed E-state index contributed by atoms with van der Waals surface area (Å²) in [6.07, 6.45) is 1.75. The van der Waals surface area contributed by atoms with E-state index in [1.54, 1.807) is 19.2 Å². The number of halogens is 4. The van der Waals surface area contributed by atoms with Crippen molar-refractivity contribution < 1.29 is 22.3 Å². The number of rotatable bonds is 7. The van der Waals surface area contributed by atoms with Gasteiger partial charge in [0, 0.05) is 44.8 Å². The van der Waals surface area contributed by atoms with E-state index in [4.69, 9.17) is 0 Å². The van der Waals surface area contributed by atoms with Gasteiger partial charge in [-0.05, 0) is 42.7 Å². The highest BCUT2D eigenvalue weighted by Crippen LogP contribution is 2.23. The zero-order chi connectivity index (χ0) is 22.2. The fourth-order valence-corrected chi connectivity index (χ4v) is 3.56. The van der Waals surface area contributed by atoms with Gasteiger partial charge in [-0.15, -0.1) is 0 Å². The first-order valence-corrected chi connectivity index (χ1v) is 10.1. The maximum atomic E-state index is 14.1. The van der Waals surface area contributed by atoms with Gasteiger partial charge in [-0.1, -0.05) is 18.2 Å². The normalized spacial score (nSPS) is 15.9. The number of nitrogens with one attached hydrogen (secondary N) is 2. The van der Waals surface area contributed by atoms with Crippen LogP contribution in [0.4, 0.5) is 17.6 Å². The summed E-state index contributed by atoms with van der Waals surface area (Å²) in [5.41, 5.74) is 1.08. The van der Waals surface area contributed by atoms with Gasteiger partial charge in [0.05, 0.1) is 0 Å². The minimum Gasteiger partial charge on any atom is -0.434 e. The fraction of sp³-hybridized carbons (Fsp3) is 0.409. The molecule has 0 aliphatic carbocycles. The lowest BCUT2D eigenvalue weighted by molar-refractivity contribution is -0.0506. The molecule has 1 saturated heterocycles. The number of aliphatic imine (C=N–C) groups is 1. The van der Waals surface area contributed by atoms with Gasteiger partial charge < -0.3 is 15.4 Å². The molecule has 0 aromatic heterocycles. The summed E-state index contributed by atoms with van der Waals surface area (Å²) in [5.74, 6) is -0.612. The average molecular weight is 438 g/mol. The first-order valence-electron chi connectivity index (χ1n) is 10.1. The minimum absolute atomic E-state index is 0.0138. The molecule has 0 spiro atoms. The predicted octanol–water partition coefficient (Wildman–Crippen LogP) is 3.90. The number of guanidine groups is 1. The van der Waals surface area contributed by atoms with Gasteiger partial charge in [-0.3, -0.25) is 9.89 Å². The van der Waals surface area contributed by atoms with Crippen molar-refractivity contribution in [3.8, 4) is 5.75 Å². The summed E-state index contributed by atoms with van der Waals surface area (Å²) in [7, 11) is 1.59. The third kappa shape index (κ3) is 6.85. The fourth-order valence-electron chi connectivity index (χ4n) is 3.56. The highest BCUT2D eigenvalue weighted by atomic mass is 19.3. The van der Waals surface area contributed by atoms with E-state index in [2.05, 4.69) is 25.3 Å². The highest BCUT2D eigenvalue weighted by Gasteiger charge is 2.21. The van der Waals surface area contributed by atoms with Crippen LogP contribution in [0.2, 0.25) is 0 Å². The van der Waals surface area contributed by atoms with Gasteiger partial charge in [0.1, 0.15) is 17.4 Å². The zero-order valence-corrected chi connectivity index (χ0v) is 17.3. The van der Waals surface area contributed by atoms with E-state index >= 15 is 0 Å². The molecule has 1 heterocycles. The van der Waals surface area contributed by atoms with E-state index < -0.39 is 12.4 Å². The number of alkyl halides is 2. The maximum absolute atomic E-state index is 14.1. The van der Waals surface area contributed by atoms with Crippen molar-refractivity contribution in [3.63, 3.8) is 0 Å². The van der Waals surface area contributed by atoms with Gasteiger partial charge >= 0.3 is 6.61 Å². The Balaban J connectivity index is 1.49. The summed E-state index contributed by atoms with van der Waals surface area (Å²) in [5, 5.41) is 6.27. The van der Waals surface area contributed by atoms with Crippen molar-refractivity contribution >= 4 is 5.96 Å². The van der Waals surface area contributed by atoms with Crippen molar-refractivity contribution in [3.05, 3.63) is 65.2 Å². The van der Waals surface area contributed by atoms with Crippen molar-refractivity contribution in [2.75, 3.05) is 20.1 Å². The van der Waals surface area contributed by atoms with Crippen molar-refractivity contribution in [2.45, 2.75) is 38.6 Å². The zero-order valence-electron chi connectivity index (χ0n) is 17.3. The molecular weight excluding hydrogens is 412 g/mol. The molecule has 2 N–H and O–H groups in total.